The van der Waals surface area contributed by atoms with Crippen molar-refractivity contribution < 1.29 is 13.9 Å². The summed E-state index contributed by atoms with van der Waals surface area (Å²) >= 11 is 6.46. The molecule has 0 saturated carbocycles. The van der Waals surface area contributed by atoms with Crippen LogP contribution in [0.15, 0.2) is 59.6 Å². The molecule has 0 spiro atoms. The molecule has 0 amide bonds. The summed E-state index contributed by atoms with van der Waals surface area (Å²) in [6.45, 7) is 6.62. The largest absolute Gasteiger partial charge is 0.490 e. The van der Waals surface area contributed by atoms with Crippen LogP contribution in [0.5, 0.6) is 11.5 Å². The van der Waals surface area contributed by atoms with E-state index < -0.39 is 0 Å². The van der Waals surface area contributed by atoms with Crippen LogP contribution in [0.4, 0.5) is 10.1 Å². The molecule has 0 N–H and O–H groups in total. The van der Waals surface area contributed by atoms with Crippen LogP contribution in [0.25, 0.3) is 0 Å². The number of benzene rings is 3. The number of halogens is 2. The lowest BCUT2D eigenvalue weighted by atomic mass is 10.1. The molecular formula is C24H23ClFNO2. The molecule has 0 fully saturated rings. The van der Waals surface area contributed by atoms with Crippen LogP contribution in [0.2, 0.25) is 5.02 Å². The van der Waals surface area contributed by atoms with Gasteiger partial charge in [-0.1, -0.05) is 41.4 Å². The second-order valence-electron chi connectivity index (χ2n) is 6.73. The van der Waals surface area contributed by atoms with Crippen molar-refractivity contribution in [3.63, 3.8) is 0 Å². The van der Waals surface area contributed by atoms with Crippen LogP contribution in [0.1, 0.15) is 29.2 Å². The number of aryl methyl sites for hydroxylation is 2. The Balaban J connectivity index is 1.84. The molecule has 29 heavy (non-hydrogen) atoms. The van der Waals surface area contributed by atoms with Crippen LogP contribution < -0.4 is 9.47 Å². The molecule has 3 rings (SSSR count). The summed E-state index contributed by atoms with van der Waals surface area (Å²) < 4.78 is 24.9. The van der Waals surface area contributed by atoms with E-state index in [0.29, 0.717) is 28.7 Å². The maximum absolute atomic E-state index is 13.4. The minimum absolute atomic E-state index is 0.188. The zero-order chi connectivity index (χ0) is 20.8. The van der Waals surface area contributed by atoms with Gasteiger partial charge in [0.1, 0.15) is 12.4 Å². The summed E-state index contributed by atoms with van der Waals surface area (Å²) in [5, 5.41) is 0.412. The summed E-state index contributed by atoms with van der Waals surface area (Å²) in [5.74, 6) is 0.653. The standard InChI is InChI=1S/C24H23ClFNO2/c1-4-28-23-13-19(14-27-22-9-8-16(2)10-17(22)3)12-21(25)24(23)29-15-18-6-5-7-20(26)11-18/h5-14H,4,15H2,1-3H3. The Morgan fingerprint density at radius 2 is 1.86 bits per heavy atom. The van der Waals surface area contributed by atoms with Crippen molar-refractivity contribution in [2.45, 2.75) is 27.4 Å². The minimum atomic E-state index is -0.305. The van der Waals surface area contributed by atoms with Gasteiger partial charge in [0.25, 0.3) is 0 Å². The zero-order valence-electron chi connectivity index (χ0n) is 16.7. The Kier molecular flexibility index (Phi) is 6.89. The van der Waals surface area contributed by atoms with E-state index in [4.69, 9.17) is 21.1 Å². The van der Waals surface area contributed by atoms with Crippen molar-refractivity contribution in [3.05, 3.63) is 87.7 Å². The Bertz CT molecular complexity index is 1030. The van der Waals surface area contributed by atoms with Crippen molar-refractivity contribution >= 4 is 23.5 Å². The van der Waals surface area contributed by atoms with Gasteiger partial charge < -0.3 is 9.47 Å². The van der Waals surface area contributed by atoms with Gasteiger partial charge in [0, 0.05) is 6.21 Å². The van der Waals surface area contributed by atoms with Gasteiger partial charge in [0.05, 0.1) is 17.3 Å². The lowest BCUT2D eigenvalue weighted by Gasteiger charge is -2.14. The summed E-state index contributed by atoms with van der Waals surface area (Å²) in [5.41, 5.74) is 4.71. The zero-order valence-corrected chi connectivity index (χ0v) is 17.5. The van der Waals surface area contributed by atoms with E-state index in [9.17, 15) is 4.39 Å². The van der Waals surface area contributed by atoms with Crippen LogP contribution in [0.3, 0.4) is 0 Å². The highest BCUT2D eigenvalue weighted by Gasteiger charge is 2.13. The fourth-order valence-corrected chi connectivity index (χ4v) is 3.22. The van der Waals surface area contributed by atoms with Crippen molar-refractivity contribution in [2.24, 2.45) is 4.99 Å². The van der Waals surface area contributed by atoms with E-state index in [1.807, 2.05) is 32.0 Å². The molecule has 3 aromatic carbocycles. The fraction of sp³-hybridized carbons (Fsp3) is 0.208. The lowest BCUT2D eigenvalue weighted by Crippen LogP contribution is -2.01. The summed E-state index contributed by atoms with van der Waals surface area (Å²) in [6, 6.07) is 16.0. The second kappa shape index (κ2) is 9.57. The van der Waals surface area contributed by atoms with Crippen molar-refractivity contribution in [1.29, 1.82) is 0 Å². The topological polar surface area (TPSA) is 30.8 Å². The average molecular weight is 412 g/mol. The molecule has 0 aliphatic heterocycles. The molecule has 150 valence electrons. The predicted molar refractivity (Wildman–Crippen MR) is 117 cm³/mol. The molecule has 0 saturated heterocycles. The smallest absolute Gasteiger partial charge is 0.180 e. The summed E-state index contributed by atoms with van der Waals surface area (Å²) in [4.78, 5) is 4.57. The Morgan fingerprint density at radius 3 is 2.59 bits per heavy atom. The number of aliphatic imine (C=N–C) groups is 1. The predicted octanol–water partition coefficient (Wildman–Crippen LogP) is 6.82. The number of ether oxygens (including phenoxy) is 2. The van der Waals surface area contributed by atoms with E-state index in [1.54, 1.807) is 24.4 Å². The Morgan fingerprint density at radius 1 is 1.03 bits per heavy atom. The van der Waals surface area contributed by atoms with E-state index in [2.05, 4.69) is 18.0 Å². The highest BCUT2D eigenvalue weighted by atomic mass is 35.5. The number of hydrogen-bond donors (Lipinski definition) is 0. The van der Waals surface area contributed by atoms with Crippen molar-refractivity contribution in [1.82, 2.24) is 0 Å². The quantitative estimate of drug-likeness (QED) is 0.399. The Hall–Kier alpha value is -2.85. The number of nitrogens with zero attached hydrogens (tertiary/aromatic N) is 1. The second-order valence-corrected chi connectivity index (χ2v) is 7.14. The number of rotatable bonds is 7. The molecule has 5 heteroatoms. The van der Waals surface area contributed by atoms with Crippen LogP contribution >= 0.6 is 11.6 Å². The maximum atomic E-state index is 13.4. The first-order chi connectivity index (χ1) is 14.0. The molecule has 0 atom stereocenters. The van der Waals surface area contributed by atoms with Gasteiger partial charge in [0.2, 0.25) is 0 Å². The highest BCUT2D eigenvalue weighted by Crippen LogP contribution is 2.37. The molecular weight excluding hydrogens is 389 g/mol. The Labute approximate surface area is 175 Å². The SMILES string of the molecule is CCOc1cc(C=Nc2ccc(C)cc2C)cc(Cl)c1OCc1cccc(F)c1. The first kappa shape index (κ1) is 20.9. The van der Waals surface area contributed by atoms with Gasteiger partial charge in [-0.05, 0) is 67.8 Å². The van der Waals surface area contributed by atoms with Crippen LogP contribution in [0, 0.1) is 19.7 Å². The van der Waals surface area contributed by atoms with E-state index in [-0.39, 0.29) is 12.4 Å². The monoisotopic (exact) mass is 411 g/mol. The third kappa shape index (κ3) is 5.58. The molecule has 0 aliphatic rings. The van der Waals surface area contributed by atoms with Gasteiger partial charge in [-0.2, -0.15) is 0 Å². The molecule has 3 aromatic rings. The molecule has 0 heterocycles. The molecule has 0 bridgehead atoms. The highest BCUT2D eigenvalue weighted by molar-refractivity contribution is 6.32. The van der Waals surface area contributed by atoms with Gasteiger partial charge in [-0.25, -0.2) is 4.39 Å². The molecule has 0 aromatic heterocycles. The number of hydrogen-bond acceptors (Lipinski definition) is 3. The summed E-state index contributed by atoms with van der Waals surface area (Å²) in [6.07, 6.45) is 1.75. The van der Waals surface area contributed by atoms with E-state index in [1.165, 1.54) is 17.7 Å². The van der Waals surface area contributed by atoms with E-state index in [0.717, 1.165) is 16.8 Å². The van der Waals surface area contributed by atoms with Gasteiger partial charge in [-0.15, -0.1) is 0 Å². The molecule has 0 unspecified atom stereocenters. The fourth-order valence-electron chi connectivity index (χ4n) is 2.94. The van der Waals surface area contributed by atoms with Crippen LogP contribution in [-0.2, 0) is 6.61 Å². The van der Waals surface area contributed by atoms with Crippen LogP contribution in [-0.4, -0.2) is 12.8 Å². The molecule has 0 aliphatic carbocycles. The minimum Gasteiger partial charge on any atom is -0.490 e. The van der Waals surface area contributed by atoms with Gasteiger partial charge in [0.15, 0.2) is 11.5 Å². The molecule has 0 radical (unpaired) electrons. The first-order valence-corrected chi connectivity index (χ1v) is 9.79. The first-order valence-electron chi connectivity index (χ1n) is 9.41. The lowest BCUT2D eigenvalue weighted by molar-refractivity contribution is 0.269. The molecule has 3 nitrogen and oxygen atoms in total. The maximum Gasteiger partial charge on any atom is 0.180 e. The third-order valence-electron chi connectivity index (χ3n) is 4.31. The third-order valence-corrected chi connectivity index (χ3v) is 4.59. The average Bonchev–Trinajstić information content (AvgIpc) is 2.67. The van der Waals surface area contributed by atoms with E-state index >= 15 is 0 Å². The van der Waals surface area contributed by atoms with Gasteiger partial charge in [-0.3, -0.25) is 4.99 Å². The van der Waals surface area contributed by atoms with Gasteiger partial charge >= 0.3 is 0 Å². The summed E-state index contributed by atoms with van der Waals surface area (Å²) in [7, 11) is 0. The van der Waals surface area contributed by atoms with Crippen molar-refractivity contribution in [2.75, 3.05) is 6.61 Å². The van der Waals surface area contributed by atoms with Crippen molar-refractivity contribution in [3.8, 4) is 11.5 Å². The normalized spacial score (nSPS) is 11.1.